The number of piperazine rings is 1. The van der Waals surface area contributed by atoms with Crippen LogP contribution >= 0.6 is 0 Å². The van der Waals surface area contributed by atoms with E-state index in [1.807, 2.05) is 12.1 Å². The summed E-state index contributed by atoms with van der Waals surface area (Å²) < 4.78 is 0. The lowest BCUT2D eigenvalue weighted by atomic mass is 9.81. The molecule has 0 aromatic heterocycles. The minimum absolute atomic E-state index is 0.00698. The van der Waals surface area contributed by atoms with E-state index in [1.165, 1.54) is 5.69 Å². The third kappa shape index (κ3) is 5.47. The molecule has 1 aromatic rings. The Bertz CT molecular complexity index is 645. The van der Waals surface area contributed by atoms with Crippen LogP contribution in [0.1, 0.15) is 39.0 Å². The minimum atomic E-state index is 0.00698. The highest BCUT2D eigenvalue weighted by Gasteiger charge is 2.29. The quantitative estimate of drug-likeness (QED) is 0.789. The highest BCUT2D eigenvalue weighted by atomic mass is 16.2. The topological polar surface area (TPSA) is 64.7 Å². The van der Waals surface area contributed by atoms with Crippen molar-refractivity contribution in [1.82, 2.24) is 10.2 Å². The van der Waals surface area contributed by atoms with Crippen molar-refractivity contribution in [3.8, 4) is 0 Å². The summed E-state index contributed by atoms with van der Waals surface area (Å²) in [5.74, 6) is 0.311. The number of benzene rings is 1. The first-order valence-electron chi connectivity index (χ1n) is 10.7. The van der Waals surface area contributed by atoms with Gasteiger partial charge in [0.2, 0.25) is 11.8 Å². The first-order valence-corrected chi connectivity index (χ1v) is 10.7. The average molecular weight is 387 g/mol. The molecule has 0 spiro atoms. The van der Waals surface area contributed by atoms with Crippen LogP contribution in [-0.2, 0) is 9.59 Å². The number of likely N-dealkylation sites (N-methyl/N-ethyl adjacent to an activating group) is 1. The van der Waals surface area contributed by atoms with Crippen LogP contribution in [0.25, 0.3) is 0 Å². The van der Waals surface area contributed by atoms with Crippen LogP contribution in [-0.4, -0.2) is 56.5 Å². The van der Waals surface area contributed by atoms with Gasteiger partial charge < -0.3 is 20.4 Å². The van der Waals surface area contributed by atoms with Crippen molar-refractivity contribution in [2.75, 3.05) is 50.0 Å². The fourth-order valence-corrected chi connectivity index (χ4v) is 4.07. The van der Waals surface area contributed by atoms with Crippen molar-refractivity contribution < 1.29 is 9.59 Å². The van der Waals surface area contributed by atoms with Gasteiger partial charge in [-0.15, -0.1) is 0 Å². The molecule has 2 aliphatic rings. The first-order chi connectivity index (χ1) is 13.6. The zero-order chi connectivity index (χ0) is 19.9. The fourth-order valence-electron chi connectivity index (χ4n) is 4.07. The van der Waals surface area contributed by atoms with Crippen LogP contribution in [0.5, 0.6) is 0 Å². The van der Waals surface area contributed by atoms with E-state index in [4.69, 9.17) is 0 Å². The molecule has 3 rings (SSSR count). The normalized spacial score (nSPS) is 23.3. The number of carbonyl (C=O) groups is 2. The molecule has 1 heterocycles. The van der Waals surface area contributed by atoms with Gasteiger partial charge in [-0.2, -0.15) is 0 Å². The Morgan fingerprint density at radius 2 is 1.50 bits per heavy atom. The molecule has 1 saturated heterocycles. The molecule has 1 aliphatic carbocycles. The Kier molecular flexibility index (Phi) is 7.31. The molecule has 2 amide bonds. The van der Waals surface area contributed by atoms with Gasteiger partial charge in [-0.25, -0.2) is 0 Å². The van der Waals surface area contributed by atoms with Gasteiger partial charge in [-0.1, -0.05) is 6.92 Å². The van der Waals surface area contributed by atoms with E-state index in [2.05, 4.69) is 46.5 Å². The van der Waals surface area contributed by atoms with Crippen LogP contribution in [0.4, 0.5) is 11.4 Å². The zero-order valence-corrected chi connectivity index (χ0v) is 17.2. The highest BCUT2D eigenvalue weighted by molar-refractivity contribution is 5.93. The second kappa shape index (κ2) is 9.92. The van der Waals surface area contributed by atoms with Gasteiger partial charge in [-0.05, 0) is 63.4 Å². The van der Waals surface area contributed by atoms with Gasteiger partial charge >= 0.3 is 0 Å². The van der Waals surface area contributed by atoms with E-state index in [0.29, 0.717) is 0 Å². The standard InChI is InChI=1S/C22H34N4O2/c1-3-12-23-21(27)17-4-6-18(7-5-17)22(28)24-19-8-10-20(11-9-19)26-15-13-25(2)14-16-26/h8-11,17-18H,3-7,12-16H2,1-2H3,(H,23,27)(H,24,28). The highest BCUT2D eigenvalue weighted by Crippen LogP contribution is 2.30. The summed E-state index contributed by atoms with van der Waals surface area (Å²) in [6.45, 7) is 7.03. The van der Waals surface area contributed by atoms with Crippen LogP contribution in [0.2, 0.25) is 0 Å². The second-order valence-corrected chi connectivity index (χ2v) is 8.17. The average Bonchev–Trinajstić information content (AvgIpc) is 2.73. The number of amides is 2. The fraction of sp³-hybridized carbons (Fsp3) is 0.636. The van der Waals surface area contributed by atoms with Gasteiger partial charge in [0, 0.05) is 55.9 Å². The van der Waals surface area contributed by atoms with Gasteiger partial charge in [0.15, 0.2) is 0 Å². The summed E-state index contributed by atoms with van der Waals surface area (Å²) in [6.07, 6.45) is 4.13. The Labute approximate surface area is 168 Å². The van der Waals surface area contributed by atoms with E-state index in [1.54, 1.807) is 0 Å². The lowest BCUT2D eigenvalue weighted by molar-refractivity contribution is -0.128. The summed E-state index contributed by atoms with van der Waals surface area (Å²) in [5.41, 5.74) is 2.07. The molecule has 2 fully saturated rings. The van der Waals surface area contributed by atoms with E-state index >= 15 is 0 Å². The van der Waals surface area contributed by atoms with Crippen molar-refractivity contribution in [2.24, 2.45) is 11.8 Å². The summed E-state index contributed by atoms with van der Waals surface area (Å²) in [4.78, 5) is 29.4. The van der Waals surface area contributed by atoms with Crippen molar-refractivity contribution >= 4 is 23.2 Å². The van der Waals surface area contributed by atoms with Crippen LogP contribution in [0, 0.1) is 11.8 Å². The predicted molar refractivity (Wildman–Crippen MR) is 114 cm³/mol. The van der Waals surface area contributed by atoms with Crippen molar-refractivity contribution in [2.45, 2.75) is 39.0 Å². The molecule has 0 unspecified atom stereocenters. The van der Waals surface area contributed by atoms with Gasteiger partial charge in [-0.3, -0.25) is 9.59 Å². The van der Waals surface area contributed by atoms with E-state index in [9.17, 15) is 9.59 Å². The first kappa shape index (κ1) is 20.6. The molecular formula is C22H34N4O2. The molecule has 0 radical (unpaired) electrons. The number of hydrogen-bond acceptors (Lipinski definition) is 4. The van der Waals surface area contributed by atoms with Crippen molar-refractivity contribution in [3.05, 3.63) is 24.3 Å². The third-order valence-electron chi connectivity index (χ3n) is 6.02. The molecular weight excluding hydrogens is 352 g/mol. The lowest BCUT2D eigenvalue weighted by Gasteiger charge is -2.34. The van der Waals surface area contributed by atoms with E-state index in [0.717, 1.165) is 70.5 Å². The van der Waals surface area contributed by atoms with Gasteiger partial charge in [0.1, 0.15) is 0 Å². The van der Waals surface area contributed by atoms with Crippen molar-refractivity contribution in [3.63, 3.8) is 0 Å². The van der Waals surface area contributed by atoms with E-state index < -0.39 is 0 Å². The molecule has 1 saturated carbocycles. The molecule has 0 bridgehead atoms. The Balaban J connectivity index is 1.45. The summed E-state index contributed by atoms with van der Waals surface area (Å²) in [5, 5.41) is 6.04. The molecule has 6 nitrogen and oxygen atoms in total. The number of hydrogen-bond donors (Lipinski definition) is 2. The van der Waals surface area contributed by atoms with E-state index in [-0.39, 0.29) is 23.7 Å². The summed E-state index contributed by atoms with van der Waals surface area (Å²) in [6, 6.07) is 8.18. The minimum Gasteiger partial charge on any atom is -0.369 e. The Morgan fingerprint density at radius 1 is 0.929 bits per heavy atom. The third-order valence-corrected chi connectivity index (χ3v) is 6.02. The van der Waals surface area contributed by atoms with Crippen LogP contribution < -0.4 is 15.5 Å². The van der Waals surface area contributed by atoms with Gasteiger partial charge in [0.05, 0.1) is 0 Å². The molecule has 28 heavy (non-hydrogen) atoms. The molecule has 0 atom stereocenters. The van der Waals surface area contributed by atoms with Crippen LogP contribution in [0.15, 0.2) is 24.3 Å². The molecule has 154 valence electrons. The Hall–Kier alpha value is -2.08. The summed E-state index contributed by atoms with van der Waals surface area (Å²) >= 11 is 0. The molecule has 2 N–H and O–H groups in total. The Morgan fingerprint density at radius 3 is 2.07 bits per heavy atom. The molecule has 6 heteroatoms. The maximum atomic E-state index is 12.6. The number of nitrogens with one attached hydrogen (secondary N) is 2. The monoisotopic (exact) mass is 386 g/mol. The summed E-state index contributed by atoms with van der Waals surface area (Å²) in [7, 11) is 2.15. The molecule has 1 aliphatic heterocycles. The lowest BCUT2D eigenvalue weighted by Crippen LogP contribution is -2.44. The SMILES string of the molecule is CCCNC(=O)C1CCC(C(=O)Nc2ccc(N3CCN(C)CC3)cc2)CC1. The van der Waals surface area contributed by atoms with Crippen LogP contribution in [0.3, 0.4) is 0 Å². The smallest absolute Gasteiger partial charge is 0.227 e. The zero-order valence-electron chi connectivity index (χ0n) is 17.2. The maximum absolute atomic E-state index is 12.6. The second-order valence-electron chi connectivity index (χ2n) is 8.17. The predicted octanol–water partition coefficient (Wildman–Crippen LogP) is 2.71. The van der Waals surface area contributed by atoms with Gasteiger partial charge in [0.25, 0.3) is 0 Å². The maximum Gasteiger partial charge on any atom is 0.227 e. The number of rotatable bonds is 6. The number of carbonyl (C=O) groups excluding carboxylic acids is 2. The number of anilines is 2. The van der Waals surface area contributed by atoms with Crippen molar-refractivity contribution in [1.29, 1.82) is 0 Å². The number of nitrogens with zero attached hydrogens (tertiary/aromatic N) is 2. The largest absolute Gasteiger partial charge is 0.369 e. The molecule has 1 aromatic carbocycles.